The van der Waals surface area contributed by atoms with Crippen LogP contribution in [0.4, 0.5) is 0 Å². The van der Waals surface area contributed by atoms with Crippen LogP contribution in [0, 0.1) is 0 Å². The van der Waals surface area contributed by atoms with E-state index in [4.69, 9.17) is 0 Å². The largest absolute Gasteiger partial charge is 0.400 e. The van der Waals surface area contributed by atoms with Gasteiger partial charge in [0.1, 0.15) is 24.5 Å². The third-order valence-electron chi connectivity index (χ3n) is 3.54. The highest BCUT2D eigenvalue weighted by Crippen LogP contribution is 2.21. The smallest absolute Gasteiger partial charge is 0.112 e. The first-order valence-electron chi connectivity index (χ1n) is 6.96. The lowest BCUT2D eigenvalue weighted by molar-refractivity contribution is 0.320. The van der Waals surface area contributed by atoms with Crippen molar-refractivity contribution in [1.29, 1.82) is 0 Å². The molecule has 6 heteroatoms. The fourth-order valence-corrected chi connectivity index (χ4v) is 13.7. The first-order valence-corrected chi connectivity index (χ1v) is 17.0. The minimum atomic E-state index is -1.77. The molecule has 0 aliphatic rings. The van der Waals surface area contributed by atoms with Crippen LogP contribution in [-0.2, 0) is 0 Å². The lowest BCUT2D eigenvalue weighted by Gasteiger charge is -2.44. The Kier molecular flexibility index (Phi) is 7.01. The topological polar surface area (TPSA) is 43.7 Å². The maximum atomic E-state index is 9.38. The van der Waals surface area contributed by atoms with Gasteiger partial charge in [0, 0.05) is 12.5 Å². The first-order chi connectivity index (χ1) is 7.96. The van der Waals surface area contributed by atoms with E-state index in [-0.39, 0.29) is 12.5 Å². The summed E-state index contributed by atoms with van der Waals surface area (Å²) in [6.07, 6.45) is 1.55. The molecule has 0 radical (unpaired) electrons. The molecule has 0 saturated carbocycles. The summed E-state index contributed by atoms with van der Waals surface area (Å²) in [6, 6.07) is 1.03. The molecule has 0 fully saturated rings. The van der Waals surface area contributed by atoms with Crippen molar-refractivity contribution in [2.75, 3.05) is 19.0 Å². The molecule has 0 spiro atoms. The van der Waals surface area contributed by atoms with Crippen molar-refractivity contribution in [2.24, 2.45) is 0 Å². The van der Waals surface area contributed by atoms with Crippen LogP contribution in [0.15, 0.2) is 0 Å². The summed E-state index contributed by atoms with van der Waals surface area (Å²) >= 11 is 0. The predicted octanol–water partition coefficient (Wildman–Crippen LogP) is 2.49. The van der Waals surface area contributed by atoms with Gasteiger partial charge in [0.05, 0.1) is 0 Å². The van der Waals surface area contributed by atoms with Gasteiger partial charge in [0.15, 0.2) is 0 Å². The summed E-state index contributed by atoms with van der Waals surface area (Å²) in [5.41, 5.74) is 0. The minimum absolute atomic E-state index is 0.212. The Morgan fingerprint density at radius 3 is 1.44 bits per heavy atom. The molecule has 0 heterocycles. The Morgan fingerprint density at radius 2 is 1.17 bits per heavy atom. The molecule has 0 aromatic heterocycles. The van der Waals surface area contributed by atoms with E-state index >= 15 is 0 Å². The van der Waals surface area contributed by atoms with E-state index < -0.39 is 24.5 Å². The van der Waals surface area contributed by atoms with Crippen molar-refractivity contribution in [1.82, 2.24) is 4.23 Å². The van der Waals surface area contributed by atoms with Crippen LogP contribution in [0.25, 0.3) is 0 Å². The van der Waals surface area contributed by atoms with Crippen LogP contribution >= 0.6 is 0 Å². The first kappa shape index (κ1) is 18.5. The van der Waals surface area contributed by atoms with Crippen LogP contribution in [0.5, 0.6) is 0 Å². The molecule has 0 aromatic rings. The quantitative estimate of drug-likeness (QED) is 0.677. The van der Waals surface area contributed by atoms with Crippen molar-refractivity contribution in [3.63, 3.8) is 0 Å². The van der Waals surface area contributed by atoms with Crippen molar-refractivity contribution >= 4 is 24.5 Å². The molecule has 0 aromatic carbocycles. The third-order valence-corrected chi connectivity index (χ3v) is 14.3. The van der Waals surface area contributed by atoms with Crippen molar-refractivity contribution in [3.8, 4) is 0 Å². The second-order valence-electron chi connectivity index (χ2n) is 7.72. The molecule has 2 N–H and O–H groups in total. The monoisotopic (exact) mass is 307 g/mol. The van der Waals surface area contributed by atoms with Gasteiger partial charge in [0.2, 0.25) is 0 Å². The van der Waals surface area contributed by atoms with Gasteiger partial charge in [-0.05, 0) is 13.0 Å². The zero-order chi connectivity index (χ0) is 14.6. The molecule has 18 heavy (non-hydrogen) atoms. The predicted molar refractivity (Wildman–Crippen MR) is 88.6 cm³/mol. The van der Waals surface area contributed by atoms with Gasteiger partial charge in [-0.2, -0.15) is 0 Å². The number of hydrogen-bond acceptors (Lipinski definition) is 3. The molecule has 0 bridgehead atoms. The van der Waals surface area contributed by atoms with Crippen LogP contribution in [-0.4, -0.2) is 58.0 Å². The molecule has 0 atom stereocenters. The average Bonchev–Trinajstić information content (AvgIpc) is 2.20. The van der Waals surface area contributed by atoms with Crippen molar-refractivity contribution in [3.05, 3.63) is 0 Å². The van der Waals surface area contributed by atoms with E-state index in [2.05, 4.69) is 50.1 Å². The summed E-state index contributed by atoms with van der Waals surface area (Å²) in [5, 5.41) is 18.8. The fourth-order valence-electron chi connectivity index (χ4n) is 2.55. The lowest BCUT2D eigenvalue weighted by atomic mass is 10.5. The summed E-state index contributed by atoms with van der Waals surface area (Å²) in [7, 11) is -4.27. The maximum Gasteiger partial charge on any atom is 0.112 e. The van der Waals surface area contributed by atoms with E-state index in [0.29, 0.717) is 0 Å². The van der Waals surface area contributed by atoms with Gasteiger partial charge < -0.3 is 14.4 Å². The second kappa shape index (κ2) is 6.81. The third kappa shape index (κ3) is 6.12. The molecule has 0 aliphatic carbocycles. The average molecular weight is 308 g/mol. The fraction of sp³-hybridized carbons (Fsp3) is 1.00. The Hall–Kier alpha value is 0.531. The van der Waals surface area contributed by atoms with Crippen LogP contribution < -0.4 is 0 Å². The van der Waals surface area contributed by atoms with Gasteiger partial charge >= 0.3 is 0 Å². The van der Waals surface area contributed by atoms with Crippen LogP contribution in [0.2, 0.25) is 51.9 Å². The number of nitrogens with zero attached hydrogens (tertiary/aromatic N) is 1. The molecule has 110 valence electrons. The maximum absolute atomic E-state index is 9.38. The SMILES string of the molecule is C[Si](CO)(CO)CCCN([Si](C)(C)C)[Si](C)(C)C. The Balaban J connectivity index is 4.48. The lowest BCUT2D eigenvalue weighted by Crippen LogP contribution is -2.59. The highest BCUT2D eigenvalue weighted by atomic mass is 28.4. The van der Waals surface area contributed by atoms with Crippen molar-refractivity contribution < 1.29 is 10.2 Å². The molecule has 0 amide bonds. The number of aliphatic hydroxyl groups is 2. The number of rotatable bonds is 8. The minimum Gasteiger partial charge on any atom is -0.400 e. The van der Waals surface area contributed by atoms with E-state index in [1.807, 2.05) is 0 Å². The van der Waals surface area contributed by atoms with E-state index in [9.17, 15) is 10.2 Å². The summed E-state index contributed by atoms with van der Waals surface area (Å²) < 4.78 is 2.78. The Labute approximate surface area is 116 Å². The summed E-state index contributed by atoms with van der Waals surface area (Å²) in [6.45, 7) is 17.7. The van der Waals surface area contributed by atoms with Crippen molar-refractivity contribution in [2.45, 2.75) is 58.3 Å². The van der Waals surface area contributed by atoms with Gasteiger partial charge in [-0.1, -0.05) is 51.9 Å². The summed E-state index contributed by atoms with van der Waals surface area (Å²) in [5.74, 6) is 0. The van der Waals surface area contributed by atoms with Gasteiger partial charge in [0.25, 0.3) is 0 Å². The van der Waals surface area contributed by atoms with E-state index in [0.717, 1.165) is 19.0 Å². The Morgan fingerprint density at radius 1 is 0.778 bits per heavy atom. The standard InChI is InChI=1S/C12H33NO2Si3/c1-16(2,3)13(17(4,5)6)9-8-10-18(7,11-14)12-15/h14-15H,8-12H2,1-7H3. The zero-order valence-corrected chi connectivity index (χ0v) is 16.4. The van der Waals surface area contributed by atoms with Crippen LogP contribution in [0.3, 0.4) is 0 Å². The highest BCUT2D eigenvalue weighted by Gasteiger charge is 2.34. The molecule has 0 rings (SSSR count). The van der Waals surface area contributed by atoms with Gasteiger partial charge in [-0.3, -0.25) is 0 Å². The number of hydrogen-bond donors (Lipinski definition) is 2. The van der Waals surface area contributed by atoms with E-state index in [1.165, 1.54) is 0 Å². The zero-order valence-electron chi connectivity index (χ0n) is 13.4. The molecular weight excluding hydrogens is 274 g/mol. The van der Waals surface area contributed by atoms with Crippen LogP contribution in [0.1, 0.15) is 6.42 Å². The Bertz CT molecular complexity index is 231. The molecule has 0 unspecified atom stereocenters. The van der Waals surface area contributed by atoms with Gasteiger partial charge in [-0.25, -0.2) is 0 Å². The highest BCUT2D eigenvalue weighted by molar-refractivity contribution is 6.89. The molecular formula is C12H33NO2Si3. The summed E-state index contributed by atoms with van der Waals surface area (Å²) in [4.78, 5) is 0. The number of aliphatic hydroxyl groups excluding tert-OH is 2. The van der Waals surface area contributed by atoms with E-state index in [1.54, 1.807) is 0 Å². The molecule has 3 nitrogen and oxygen atoms in total. The normalized spacial score (nSPS) is 14.3. The second-order valence-corrected chi connectivity index (χ2v) is 22.7. The van der Waals surface area contributed by atoms with Gasteiger partial charge in [-0.15, -0.1) is 0 Å². The molecule has 0 aliphatic heterocycles. The molecule has 0 saturated heterocycles.